The van der Waals surface area contributed by atoms with Crippen LogP contribution in [0.3, 0.4) is 0 Å². The van der Waals surface area contributed by atoms with E-state index in [4.69, 9.17) is 5.73 Å². The summed E-state index contributed by atoms with van der Waals surface area (Å²) < 4.78 is 2.00. The first-order valence-corrected chi connectivity index (χ1v) is 6.47. The molecule has 0 amide bonds. The van der Waals surface area contributed by atoms with Crippen molar-refractivity contribution in [1.82, 2.24) is 14.5 Å². The van der Waals surface area contributed by atoms with Gasteiger partial charge in [-0.05, 0) is 23.8 Å². The van der Waals surface area contributed by atoms with Crippen molar-refractivity contribution in [3.05, 3.63) is 48.4 Å². The van der Waals surface area contributed by atoms with Crippen molar-refractivity contribution in [2.24, 2.45) is 7.05 Å². The van der Waals surface area contributed by atoms with Crippen molar-refractivity contribution in [2.45, 2.75) is 6.54 Å². The van der Waals surface area contributed by atoms with E-state index in [1.165, 1.54) is 5.56 Å². The summed E-state index contributed by atoms with van der Waals surface area (Å²) in [6.07, 6.45) is 3.63. The van der Waals surface area contributed by atoms with E-state index in [1.54, 1.807) is 0 Å². The molecule has 0 aliphatic heterocycles. The first-order valence-electron chi connectivity index (χ1n) is 6.47. The number of hydrogen-bond acceptors (Lipinski definition) is 4. The number of nitrogens with two attached hydrogens (primary N) is 1. The highest BCUT2D eigenvalue weighted by Gasteiger charge is 2.11. The standard InChI is InChI=1S/C15H17N5/c1-19(9-11-3-5-12(16)6-4-11)15-14-13(7-8-17-15)20(2)10-18-14/h3-8,10H,9,16H2,1-2H3. The fourth-order valence-electron chi connectivity index (χ4n) is 2.30. The van der Waals surface area contributed by atoms with Crippen LogP contribution in [0.4, 0.5) is 11.5 Å². The molecule has 2 N–H and O–H groups in total. The maximum Gasteiger partial charge on any atom is 0.156 e. The molecule has 5 heteroatoms. The van der Waals surface area contributed by atoms with Gasteiger partial charge in [-0.3, -0.25) is 0 Å². The number of rotatable bonds is 3. The number of nitrogen functional groups attached to an aromatic ring is 1. The molecule has 0 saturated carbocycles. The van der Waals surface area contributed by atoms with Crippen LogP contribution >= 0.6 is 0 Å². The number of anilines is 2. The van der Waals surface area contributed by atoms with Gasteiger partial charge in [-0.1, -0.05) is 12.1 Å². The van der Waals surface area contributed by atoms with Gasteiger partial charge in [-0.25, -0.2) is 9.97 Å². The molecule has 3 rings (SSSR count). The van der Waals surface area contributed by atoms with Gasteiger partial charge in [-0.15, -0.1) is 0 Å². The molecule has 0 spiro atoms. The second-order valence-corrected chi connectivity index (χ2v) is 4.96. The highest BCUT2D eigenvalue weighted by molar-refractivity contribution is 5.86. The lowest BCUT2D eigenvalue weighted by Crippen LogP contribution is -2.18. The van der Waals surface area contributed by atoms with Crippen molar-refractivity contribution in [2.75, 3.05) is 17.7 Å². The molecule has 2 heterocycles. The molecule has 1 aromatic carbocycles. The summed E-state index contributed by atoms with van der Waals surface area (Å²) in [6, 6.07) is 9.87. The van der Waals surface area contributed by atoms with Gasteiger partial charge >= 0.3 is 0 Å². The zero-order chi connectivity index (χ0) is 14.1. The number of fused-ring (bicyclic) bond motifs is 1. The Morgan fingerprint density at radius 2 is 1.90 bits per heavy atom. The lowest BCUT2D eigenvalue weighted by Gasteiger charge is -2.18. The SMILES string of the molecule is CN(Cc1ccc(N)cc1)c1nccc2c1ncn2C. The van der Waals surface area contributed by atoms with E-state index in [0.29, 0.717) is 0 Å². The highest BCUT2D eigenvalue weighted by atomic mass is 15.2. The van der Waals surface area contributed by atoms with Crippen LogP contribution in [0.25, 0.3) is 11.0 Å². The first-order chi connectivity index (χ1) is 9.65. The molecule has 5 nitrogen and oxygen atoms in total. The third-order valence-electron chi connectivity index (χ3n) is 3.38. The van der Waals surface area contributed by atoms with Crippen LogP contribution in [0, 0.1) is 0 Å². The summed E-state index contributed by atoms with van der Waals surface area (Å²) >= 11 is 0. The molecule has 0 fully saturated rings. The Morgan fingerprint density at radius 1 is 1.15 bits per heavy atom. The largest absolute Gasteiger partial charge is 0.399 e. The number of imidazole rings is 1. The fraction of sp³-hybridized carbons (Fsp3) is 0.200. The zero-order valence-corrected chi connectivity index (χ0v) is 11.6. The second kappa shape index (κ2) is 4.85. The minimum Gasteiger partial charge on any atom is -0.399 e. The molecule has 0 saturated heterocycles. The molecule has 3 aromatic rings. The number of pyridine rings is 1. The van der Waals surface area contributed by atoms with Crippen molar-refractivity contribution < 1.29 is 0 Å². The van der Waals surface area contributed by atoms with E-state index in [0.717, 1.165) is 29.1 Å². The third-order valence-corrected chi connectivity index (χ3v) is 3.38. The number of benzene rings is 1. The molecule has 0 unspecified atom stereocenters. The molecule has 2 aromatic heterocycles. The summed E-state index contributed by atoms with van der Waals surface area (Å²) in [4.78, 5) is 11.0. The van der Waals surface area contributed by atoms with E-state index in [9.17, 15) is 0 Å². The highest BCUT2D eigenvalue weighted by Crippen LogP contribution is 2.22. The lowest BCUT2D eigenvalue weighted by molar-refractivity contribution is 0.903. The lowest BCUT2D eigenvalue weighted by atomic mass is 10.2. The Hall–Kier alpha value is -2.56. The molecule has 0 radical (unpaired) electrons. The summed E-state index contributed by atoms with van der Waals surface area (Å²) in [6.45, 7) is 0.767. The molecular weight excluding hydrogens is 250 g/mol. The quantitative estimate of drug-likeness (QED) is 0.739. The Bertz CT molecular complexity index is 730. The van der Waals surface area contributed by atoms with E-state index >= 15 is 0 Å². The third kappa shape index (κ3) is 2.18. The van der Waals surface area contributed by atoms with Gasteiger partial charge in [0.2, 0.25) is 0 Å². The van der Waals surface area contributed by atoms with Gasteiger partial charge in [0.15, 0.2) is 5.82 Å². The van der Waals surface area contributed by atoms with Crippen molar-refractivity contribution >= 4 is 22.5 Å². The summed E-state index contributed by atoms with van der Waals surface area (Å²) in [5.74, 6) is 0.889. The van der Waals surface area contributed by atoms with Gasteiger partial charge in [0.1, 0.15) is 5.52 Å². The summed E-state index contributed by atoms with van der Waals surface area (Å²) in [5, 5.41) is 0. The van der Waals surface area contributed by atoms with Crippen molar-refractivity contribution in [3.8, 4) is 0 Å². The van der Waals surface area contributed by atoms with Gasteiger partial charge in [-0.2, -0.15) is 0 Å². The summed E-state index contributed by atoms with van der Waals surface area (Å²) in [7, 11) is 4.01. The topological polar surface area (TPSA) is 60.0 Å². The maximum absolute atomic E-state index is 5.71. The van der Waals surface area contributed by atoms with Gasteiger partial charge in [0.05, 0.1) is 11.8 Å². The smallest absolute Gasteiger partial charge is 0.156 e. The van der Waals surface area contributed by atoms with E-state index < -0.39 is 0 Å². The maximum atomic E-state index is 5.71. The molecule has 0 bridgehead atoms. The van der Waals surface area contributed by atoms with Crippen LogP contribution in [0.2, 0.25) is 0 Å². The monoisotopic (exact) mass is 267 g/mol. The van der Waals surface area contributed by atoms with Crippen LogP contribution in [-0.2, 0) is 13.6 Å². The van der Waals surface area contributed by atoms with Crippen LogP contribution in [0.1, 0.15) is 5.56 Å². The van der Waals surface area contributed by atoms with E-state index in [-0.39, 0.29) is 0 Å². The van der Waals surface area contributed by atoms with E-state index in [2.05, 4.69) is 14.9 Å². The van der Waals surface area contributed by atoms with Crippen LogP contribution in [-0.4, -0.2) is 21.6 Å². The first kappa shape index (κ1) is 12.5. The summed E-state index contributed by atoms with van der Waals surface area (Å²) in [5.41, 5.74) is 9.68. The predicted molar refractivity (Wildman–Crippen MR) is 81.5 cm³/mol. The minimum atomic E-state index is 0.767. The Balaban J connectivity index is 1.92. The predicted octanol–water partition coefficient (Wildman–Crippen LogP) is 2.19. The van der Waals surface area contributed by atoms with Crippen LogP contribution in [0.15, 0.2) is 42.9 Å². The Kier molecular flexibility index (Phi) is 3.02. The number of hydrogen-bond donors (Lipinski definition) is 1. The molecule has 102 valence electrons. The minimum absolute atomic E-state index is 0.767. The average Bonchev–Trinajstić information content (AvgIpc) is 2.83. The van der Waals surface area contributed by atoms with E-state index in [1.807, 2.05) is 61.5 Å². The van der Waals surface area contributed by atoms with Crippen molar-refractivity contribution in [3.63, 3.8) is 0 Å². The normalized spacial score (nSPS) is 10.9. The Labute approximate surface area is 117 Å². The average molecular weight is 267 g/mol. The fourth-order valence-corrected chi connectivity index (χ4v) is 2.30. The van der Waals surface area contributed by atoms with Gasteiger partial charge in [0, 0.05) is 32.5 Å². The second-order valence-electron chi connectivity index (χ2n) is 4.96. The molecular formula is C15H17N5. The molecule has 0 atom stereocenters. The molecule has 20 heavy (non-hydrogen) atoms. The molecule has 0 aliphatic carbocycles. The number of nitrogens with zero attached hydrogens (tertiary/aromatic N) is 4. The zero-order valence-electron chi connectivity index (χ0n) is 11.6. The van der Waals surface area contributed by atoms with Gasteiger partial charge < -0.3 is 15.2 Å². The van der Waals surface area contributed by atoms with Gasteiger partial charge in [0.25, 0.3) is 0 Å². The number of aromatic nitrogens is 3. The van der Waals surface area contributed by atoms with Crippen molar-refractivity contribution in [1.29, 1.82) is 0 Å². The Morgan fingerprint density at radius 3 is 2.65 bits per heavy atom. The van der Waals surface area contributed by atoms with Crippen LogP contribution < -0.4 is 10.6 Å². The van der Waals surface area contributed by atoms with Crippen LogP contribution in [0.5, 0.6) is 0 Å². The molecule has 0 aliphatic rings. The number of aryl methyl sites for hydroxylation is 1.